The molecule has 0 spiro atoms. The van der Waals surface area contributed by atoms with Crippen LogP contribution in [-0.4, -0.2) is 34.0 Å². The number of methoxy groups -OCH3 is 1. The lowest BCUT2D eigenvalue weighted by Crippen LogP contribution is -2.48. The molecule has 1 saturated carbocycles. The third-order valence-electron chi connectivity index (χ3n) is 6.62. The molecule has 35 heavy (non-hydrogen) atoms. The van der Waals surface area contributed by atoms with E-state index >= 15 is 0 Å². The molecule has 1 amide bonds. The van der Waals surface area contributed by atoms with Crippen molar-refractivity contribution in [1.29, 1.82) is 0 Å². The van der Waals surface area contributed by atoms with Crippen LogP contribution in [0.4, 0.5) is 5.69 Å². The predicted octanol–water partition coefficient (Wildman–Crippen LogP) is 4.25. The second-order valence-electron chi connectivity index (χ2n) is 8.89. The topological polar surface area (TPSA) is 96.5 Å². The minimum atomic E-state index is -3.69. The van der Waals surface area contributed by atoms with Crippen LogP contribution in [0.15, 0.2) is 84.9 Å². The third kappa shape index (κ3) is 6.21. The van der Waals surface area contributed by atoms with E-state index in [4.69, 9.17) is 4.74 Å². The van der Waals surface area contributed by atoms with E-state index in [-0.39, 0.29) is 17.4 Å². The standard InChI is InChI=1S/C27H31N3O4S/c1-34-25-15-9-8-14-24(25)26(31)28-20-27(21-10-4-2-5-11-21)18-16-23(17-19-27)30-35(32,33)29-22-12-6-3-7-13-22/h2-15,23,29-30H,16-20H2,1H3,(H,28,31). The van der Waals surface area contributed by atoms with E-state index in [9.17, 15) is 13.2 Å². The number of rotatable bonds is 9. The van der Waals surface area contributed by atoms with Crippen LogP contribution in [-0.2, 0) is 15.6 Å². The van der Waals surface area contributed by atoms with Gasteiger partial charge in [0, 0.05) is 23.7 Å². The summed E-state index contributed by atoms with van der Waals surface area (Å²) in [4.78, 5) is 13.0. The molecule has 3 N–H and O–H groups in total. The average Bonchev–Trinajstić information content (AvgIpc) is 2.89. The highest BCUT2D eigenvalue weighted by Gasteiger charge is 2.38. The lowest BCUT2D eigenvalue weighted by atomic mass is 9.68. The molecule has 0 saturated heterocycles. The van der Waals surface area contributed by atoms with Crippen molar-refractivity contribution in [2.75, 3.05) is 18.4 Å². The summed E-state index contributed by atoms with van der Waals surface area (Å²) in [7, 11) is -2.14. The van der Waals surface area contributed by atoms with Gasteiger partial charge in [-0.3, -0.25) is 9.52 Å². The molecule has 3 aromatic carbocycles. The minimum absolute atomic E-state index is 0.182. The van der Waals surface area contributed by atoms with Gasteiger partial charge in [0.1, 0.15) is 5.75 Å². The van der Waals surface area contributed by atoms with E-state index < -0.39 is 10.2 Å². The summed E-state index contributed by atoms with van der Waals surface area (Å²) in [5.41, 5.74) is 1.87. The van der Waals surface area contributed by atoms with E-state index in [1.165, 1.54) is 0 Å². The van der Waals surface area contributed by atoms with Crippen molar-refractivity contribution < 1.29 is 17.9 Å². The fourth-order valence-corrected chi connectivity index (χ4v) is 5.91. The van der Waals surface area contributed by atoms with Gasteiger partial charge in [0.15, 0.2) is 0 Å². The number of amides is 1. The van der Waals surface area contributed by atoms with Gasteiger partial charge in [-0.15, -0.1) is 0 Å². The molecule has 8 heteroatoms. The minimum Gasteiger partial charge on any atom is -0.496 e. The van der Waals surface area contributed by atoms with Crippen LogP contribution < -0.4 is 19.5 Å². The van der Waals surface area contributed by atoms with Crippen LogP contribution in [0.5, 0.6) is 5.75 Å². The first-order chi connectivity index (χ1) is 16.9. The molecule has 1 fully saturated rings. The van der Waals surface area contributed by atoms with E-state index in [1.807, 2.05) is 36.4 Å². The van der Waals surface area contributed by atoms with Crippen LogP contribution in [0.25, 0.3) is 0 Å². The van der Waals surface area contributed by atoms with E-state index in [0.717, 1.165) is 18.4 Å². The molecular formula is C27H31N3O4S. The molecule has 0 atom stereocenters. The van der Waals surface area contributed by atoms with Crippen molar-refractivity contribution in [2.24, 2.45) is 0 Å². The van der Waals surface area contributed by atoms with Gasteiger partial charge in [-0.05, 0) is 55.5 Å². The van der Waals surface area contributed by atoms with Gasteiger partial charge in [0.05, 0.1) is 12.7 Å². The molecule has 4 rings (SSSR count). The summed E-state index contributed by atoms with van der Waals surface area (Å²) in [6.45, 7) is 0.454. The lowest BCUT2D eigenvalue weighted by Gasteiger charge is -2.41. The van der Waals surface area contributed by atoms with Crippen LogP contribution in [0.3, 0.4) is 0 Å². The second kappa shape index (κ2) is 10.9. The van der Waals surface area contributed by atoms with Gasteiger partial charge in [0.25, 0.3) is 16.1 Å². The Hall–Kier alpha value is -3.36. The Bertz CT molecular complexity index is 1230. The van der Waals surface area contributed by atoms with Gasteiger partial charge in [-0.25, -0.2) is 0 Å². The third-order valence-corrected chi connectivity index (χ3v) is 7.76. The van der Waals surface area contributed by atoms with E-state index in [1.54, 1.807) is 43.5 Å². The van der Waals surface area contributed by atoms with Gasteiger partial charge in [0.2, 0.25) is 0 Å². The first-order valence-corrected chi connectivity index (χ1v) is 13.2. The van der Waals surface area contributed by atoms with Crippen LogP contribution in [0, 0.1) is 0 Å². The molecule has 3 aromatic rings. The number of benzene rings is 3. The molecule has 0 aliphatic heterocycles. The Kier molecular flexibility index (Phi) is 7.73. The molecule has 0 unspecified atom stereocenters. The Morgan fingerprint density at radius 2 is 1.51 bits per heavy atom. The predicted molar refractivity (Wildman–Crippen MR) is 138 cm³/mol. The van der Waals surface area contributed by atoms with Gasteiger partial charge in [-0.2, -0.15) is 13.1 Å². The van der Waals surface area contributed by atoms with Gasteiger partial charge >= 0.3 is 0 Å². The van der Waals surface area contributed by atoms with Crippen LogP contribution >= 0.6 is 0 Å². The van der Waals surface area contributed by atoms with Crippen molar-refractivity contribution in [1.82, 2.24) is 10.0 Å². The van der Waals surface area contributed by atoms with Crippen molar-refractivity contribution in [2.45, 2.75) is 37.1 Å². The number of carbonyl (C=O) groups excluding carboxylic acids is 1. The fraction of sp³-hybridized carbons (Fsp3) is 0.296. The Labute approximate surface area is 207 Å². The fourth-order valence-electron chi connectivity index (χ4n) is 4.73. The van der Waals surface area contributed by atoms with Crippen molar-refractivity contribution in [3.05, 3.63) is 96.1 Å². The van der Waals surface area contributed by atoms with Gasteiger partial charge < -0.3 is 10.1 Å². The molecular weight excluding hydrogens is 462 g/mol. The Morgan fingerprint density at radius 1 is 0.914 bits per heavy atom. The second-order valence-corrected chi connectivity index (χ2v) is 10.3. The lowest BCUT2D eigenvalue weighted by molar-refractivity contribution is 0.0932. The highest BCUT2D eigenvalue weighted by molar-refractivity contribution is 7.90. The monoisotopic (exact) mass is 493 g/mol. The maximum absolute atomic E-state index is 13.0. The van der Waals surface area contributed by atoms with Crippen molar-refractivity contribution >= 4 is 21.8 Å². The number of carbonyl (C=O) groups is 1. The molecule has 184 valence electrons. The molecule has 7 nitrogen and oxygen atoms in total. The van der Waals surface area contributed by atoms with Crippen LogP contribution in [0.2, 0.25) is 0 Å². The number of hydrogen-bond acceptors (Lipinski definition) is 4. The highest BCUT2D eigenvalue weighted by Crippen LogP contribution is 2.39. The number of nitrogens with one attached hydrogen (secondary N) is 3. The zero-order valence-corrected chi connectivity index (χ0v) is 20.6. The van der Waals surface area contributed by atoms with Crippen molar-refractivity contribution in [3.8, 4) is 5.75 Å². The summed E-state index contributed by atoms with van der Waals surface area (Å²) in [6.07, 6.45) is 2.80. The van der Waals surface area contributed by atoms with E-state index in [2.05, 4.69) is 26.9 Å². The molecule has 1 aliphatic carbocycles. The van der Waals surface area contributed by atoms with Gasteiger partial charge in [-0.1, -0.05) is 60.7 Å². The largest absolute Gasteiger partial charge is 0.496 e. The zero-order valence-electron chi connectivity index (χ0n) is 19.7. The molecule has 0 aromatic heterocycles. The summed E-state index contributed by atoms with van der Waals surface area (Å²) in [6, 6.07) is 25.9. The smallest absolute Gasteiger partial charge is 0.299 e. The summed E-state index contributed by atoms with van der Waals surface area (Å²) < 4.78 is 36.0. The Balaban J connectivity index is 1.44. The quantitative estimate of drug-likeness (QED) is 0.415. The van der Waals surface area contributed by atoms with Crippen molar-refractivity contribution in [3.63, 3.8) is 0 Å². The summed E-state index contributed by atoms with van der Waals surface area (Å²) in [5, 5.41) is 3.11. The maximum Gasteiger partial charge on any atom is 0.299 e. The summed E-state index contributed by atoms with van der Waals surface area (Å²) >= 11 is 0. The number of ether oxygens (including phenoxy) is 1. The maximum atomic E-state index is 13.0. The Morgan fingerprint density at radius 3 is 2.17 bits per heavy atom. The normalized spacial score (nSPS) is 20.1. The number of anilines is 1. The number of hydrogen-bond donors (Lipinski definition) is 3. The molecule has 0 radical (unpaired) electrons. The number of para-hydroxylation sites is 2. The SMILES string of the molecule is COc1ccccc1C(=O)NCC1(c2ccccc2)CCC(NS(=O)(=O)Nc2ccccc2)CC1. The molecule has 1 aliphatic rings. The molecule has 0 bridgehead atoms. The first-order valence-electron chi connectivity index (χ1n) is 11.7. The zero-order chi connectivity index (χ0) is 24.7. The molecule has 0 heterocycles. The first kappa shape index (κ1) is 24.8. The average molecular weight is 494 g/mol. The summed E-state index contributed by atoms with van der Waals surface area (Å²) in [5.74, 6) is 0.343. The van der Waals surface area contributed by atoms with Crippen LogP contribution in [0.1, 0.15) is 41.6 Å². The van der Waals surface area contributed by atoms with E-state index in [0.29, 0.717) is 36.4 Å². The highest BCUT2D eigenvalue weighted by atomic mass is 32.2.